The van der Waals surface area contributed by atoms with Crippen molar-refractivity contribution in [1.29, 1.82) is 0 Å². The third kappa shape index (κ3) is 3.38. The van der Waals surface area contributed by atoms with Crippen LogP contribution in [-0.4, -0.2) is 20.2 Å². The fourth-order valence-electron chi connectivity index (χ4n) is 2.19. The topological polar surface area (TPSA) is 77.6 Å². The highest BCUT2D eigenvalue weighted by molar-refractivity contribution is 6.31. The van der Waals surface area contributed by atoms with Crippen molar-refractivity contribution < 1.29 is 4.39 Å². The molecule has 1 aromatic carbocycles. The summed E-state index contributed by atoms with van der Waals surface area (Å²) < 4.78 is 13.7. The lowest BCUT2D eigenvalue weighted by Gasteiger charge is -2.09. The van der Waals surface area contributed by atoms with Crippen LogP contribution in [-0.2, 0) is 0 Å². The molecule has 0 aliphatic rings. The molecule has 2 aromatic heterocycles. The predicted octanol–water partition coefficient (Wildman–Crippen LogP) is 3.94. The molecular formula is C15H10Cl2FN5. The fourth-order valence-corrected chi connectivity index (χ4v) is 2.66. The van der Waals surface area contributed by atoms with Crippen molar-refractivity contribution in [3.05, 3.63) is 52.0 Å². The van der Waals surface area contributed by atoms with Gasteiger partial charge in [-0.2, -0.15) is 0 Å². The zero-order chi connectivity index (χ0) is 16.6. The number of nitrogens with zero attached hydrogens (tertiary/aromatic N) is 4. The van der Waals surface area contributed by atoms with Gasteiger partial charge < -0.3 is 5.73 Å². The monoisotopic (exact) mass is 349 g/mol. The van der Waals surface area contributed by atoms with Crippen molar-refractivity contribution in [2.75, 3.05) is 5.73 Å². The number of benzene rings is 1. The maximum absolute atomic E-state index is 13.7. The summed E-state index contributed by atoms with van der Waals surface area (Å²) >= 11 is 11.9. The Morgan fingerprint density at radius 1 is 0.913 bits per heavy atom. The molecule has 0 aliphatic heterocycles. The number of aryl methyl sites for hydroxylation is 1. The Morgan fingerprint density at radius 3 is 2.35 bits per heavy atom. The molecule has 23 heavy (non-hydrogen) atoms. The highest BCUT2D eigenvalue weighted by Gasteiger charge is 2.15. The Balaban J connectivity index is 2.26. The van der Waals surface area contributed by atoms with Crippen molar-refractivity contribution in [2.45, 2.75) is 6.92 Å². The minimum Gasteiger partial charge on any atom is -0.366 e. The predicted molar refractivity (Wildman–Crippen MR) is 87.6 cm³/mol. The average Bonchev–Trinajstić information content (AvgIpc) is 2.45. The van der Waals surface area contributed by atoms with Crippen LogP contribution in [0, 0.1) is 12.7 Å². The molecule has 0 radical (unpaired) electrons. The standard InChI is InChI=1S/C15H10Cl2FN5/c1-7-2-8(5-12(17)20-7)14-13(21-15(19)23-22-14)9-3-10(16)6-11(18)4-9/h2-6H,1H3,(H2,19,21,23). The van der Waals surface area contributed by atoms with Gasteiger partial charge in [0.15, 0.2) is 0 Å². The Morgan fingerprint density at radius 2 is 1.65 bits per heavy atom. The number of nitrogen functional groups attached to an aromatic ring is 1. The number of anilines is 1. The van der Waals surface area contributed by atoms with Crippen LogP contribution >= 0.6 is 23.2 Å². The summed E-state index contributed by atoms with van der Waals surface area (Å²) in [6.07, 6.45) is 0. The molecule has 0 atom stereocenters. The minimum absolute atomic E-state index is 0.0268. The molecule has 0 saturated carbocycles. The minimum atomic E-state index is -0.487. The molecule has 5 nitrogen and oxygen atoms in total. The van der Waals surface area contributed by atoms with Crippen LogP contribution in [0.3, 0.4) is 0 Å². The smallest absolute Gasteiger partial charge is 0.240 e. The van der Waals surface area contributed by atoms with Crippen molar-refractivity contribution in [3.8, 4) is 22.5 Å². The van der Waals surface area contributed by atoms with Gasteiger partial charge in [-0.3, -0.25) is 0 Å². The van der Waals surface area contributed by atoms with Gasteiger partial charge in [-0.1, -0.05) is 23.2 Å². The van der Waals surface area contributed by atoms with E-state index in [2.05, 4.69) is 20.2 Å². The number of nitrogens with two attached hydrogens (primary N) is 1. The molecule has 3 aromatic rings. The molecule has 8 heteroatoms. The van der Waals surface area contributed by atoms with E-state index >= 15 is 0 Å². The van der Waals surface area contributed by atoms with E-state index in [-0.39, 0.29) is 11.0 Å². The summed E-state index contributed by atoms with van der Waals surface area (Å²) in [5.41, 5.74) is 8.20. The average molecular weight is 350 g/mol. The first-order valence-electron chi connectivity index (χ1n) is 6.53. The molecule has 2 heterocycles. The third-order valence-corrected chi connectivity index (χ3v) is 3.45. The molecule has 0 amide bonds. The molecule has 3 rings (SSSR count). The zero-order valence-electron chi connectivity index (χ0n) is 11.9. The van der Waals surface area contributed by atoms with E-state index in [0.29, 0.717) is 33.4 Å². The van der Waals surface area contributed by atoms with Gasteiger partial charge in [-0.15, -0.1) is 10.2 Å². The molecule has 116 valence electrons. The van der Waals surface area contributed by atoms with Gasteiger partial charge in [0.25, 0.3) is 0 Å². The number of rotatable bonds is 2. The lowest BCUT2D eigenvalue weighted by Crippen LogP contribution is -2.03. The van der Waals surface area contributed by atoms with Crippen molar-refractivity contribution in [3.63, 3.8) is 0 Å². The molecule has 0 aliphatic carbocycles. The lowest BCUT2D eigenvalue weighted by atomic mass is 10.0. The number of hydrogen-bond donors (Lipinski definition) is 1. The van der Waals surface area contributed by atoms with Gasteiger partial charge >= 0.3 is 0 Å². The largest absolute Gasteiger partial charge is 0.366 e. The van der Waals surface area contributed by atoms with E-state index < -0.39 is 5.82 Å². The van der Waals surface area contributed by atoms with Crippen molar-refractivity contribution >= 4 is 29.2 Å². The number of hydrogen-bond acceptors (Lipinski definition) is 5. The molecule has 0 saturated heterocycles. The summed E-state index contributed by atoms with van der Waals surface area (Å²) in [6, 6.07) is 7.48. The Labute approximate surface area is 141 Å². The maximum atomic E-state index is 13.7. The Hall–Kier alpha value is -2.31. The van der Waals surface area contributed by atoms with Crippen LogP contribution in [0.25, 0.3) is 22.5 Å². The quantitative estimate of drug-likeness (QED) is 0.709. The molecule has 2 N–H and O–H groups in total. The van der Waals surface area contributed by atoms with Crippen LogP contribution in [0.1, 0.15) is 5.69 Å². The number of aromatic nitrogens is 4. The Kier molecular flexibility index (Phi) is 4.11. The molecule has 0 fully saturated rings. The second-order valence-corrected chi connectivity index (χ2v) is 5.67. The van der Waals surface area contributed by atoms with Crippen LogP contribution in [0.4, 0.5) is 10.3 Å². The Bertz CT molecular complexity index is 861. The van der Waals surface area contributed by atoms with Crippen LogP contribution < -0.4 is 5.73 Å². The van der Waals surface area contributed by atoms with Gasteiger partial charge in [-0.25, -0.2) is 14.4 Å². The lowest BCUT2D eigenvalue weighted by molar-refractivity contribution is 0.628. The van der Waals surface area contributed by atoms with E-state index in [9.17, 15) is 4.39 Å². The summed E-state index contributed by atoms with van der Waals surface area (Å²) in [4.78, 5) is 8.28. The molecular weight excluding hydrogens is 340 g/mol. The van der Waals surface area contributed by atoms with Crippen LogP contribution in [0.2, 0.25) is 10.2 Å². The van der Waals surface area contributed by atoms with E-state index in [1.807, 2.05) is 0 Å². The van der Waals surface area contributed by atoms with Crippen molar-refractivity contribution in [1.82, 2.24) is 20.2 Å². The van der Waals surface area contributed by atoms with Crippen LogP contribution in [0.15, 0.2) is 30.3 Å². The normalized spacial score (nSPS) is 10.8. The van der Waals surface area contributed by atoms with E-state index in [4.69, 9.17) is 28.9 Å². The third-order valence-electron chi connectivity index (χ3n) is 3.03. The summed E-state index contributed by atoms with van der Waals surface area (Å²) in [5, 5.41) is 8.40. The second-order valence-electron chi connectivity index (χ2n) is 4.85. The zero-order valence-corrected chi connectivity index (χ0v) is 13.4. The highest BCUT2D eigenvalue weighted by atomic mass is 35.5. The summed E-state index contributed by atoms with van der Waals surface area (Å²) in [6.45, 7) is 1.80. The number of pyridine rings is 1. The van der Waals surface area contributed by atoms with Gasteiger partial charge in [0, 0.05) is 21.8 Å². The maximum Gasteiger partial charge on any atom is 0.240 e. The highest BCUT2D eigenvalue weighted by Crippen LogP contribution is 2.32. The van der Waals surface area contributed by atoms with Gasteiger partial charge in [-0.05, 0) is 37.3 Å². The fraction of sp³-hybridized carbons (Fsp3) is 0.0667. The first-order chi connectivity index (χ1) is 10.9. The molecule has 0 unspecified atom stereocenters. The summed E-state index contributed by atoms with van der Waals surface area (Å²) in [7, 11) is 0. The van der Waals surface area contributed by atoms with E-state index in [1.165, 1.54) is 12.1 Å². The van der Waals surface area contributed by atoms with Gasteiger partial charge in [0.2, 0.25) is 5.95 Å². The van der Waals surface area contributed by atoms with Crippen LogP contribution in [0.5, 0.6) is 0 Å². The van der Waals surface area contributed by atoms with E-state index in [1.54, 1.807) is 25.1 Å². The number of halogens is 3. The SMILES string of the molecule is Cc1cc(-c2nnc(N)nc2-c2cc(F)cc(Cl)c2)cc(Cl)n1. The van der Waals surface area contributed by atoms with E-state index in [0.717, 1.165) is 0 Å². The molecule has 0 bridgehead atoms. The van der Waals surface area contributed by atoms with Crippen molar-refractivity contribution in [2.24, 2.45) is 0 Å². The second kappa shape index (κ2) is 6.06. The van der Waals surface area contributed by atoms with Gasteiger partial charge in [0.05, 0.1) is 0 Å². The summed E-state index contributed by atoms with van der Waals surface area (Å²) in [5.74, 6) is -0.513. The first kappa shape index (κ1) is 15.6. The first-order valence-corrected chi connectivity index (χ1v) is 7.29. The molecule has 0 spiro atoms. The van der Waals surface area contributed by atoms with Gasteiger partial charge in [0.1, 0.15) is 22.4 Å².